The Bertz CT molecular complexity index is 854. The predicted molar refractivity (Wildman–Crippen MR) is 109 cm³/mol. The minimum atomic E-state index is -0.477. The van der Waals surface area contributed by atoms with Crippen LogP contribution in [0.4, 0.5) is 0 Å². The van der Waals surface area contributed by atoms with Crippen molar-refractivity contribution >= 4 is 11.5 Å². The number of hydrogen-bond donors (Lipinski definition) is 1. The first-order valence-corrected chi connectivity index (χ1v) is 9.24. The molecule has 0 heterocycles. The number of methoxy groups -OCH3 is 2. The van der Waals surface area contributed by atoms with Crippen LogP contribution in [-0.4, -0.2) is 25.3 Å². The van der Waals surface area contributed by atoms with E-state index in [1.807, 2.05) is 57.2 Å². The summed E-state index contributed by atoms with van der Waals surface area (Å²) in [5.41, 5.74) is 4.72. The maximum Gasteiger partial charge on any atom is 0.341 e. The summed E-state index contributed by atoms with van der Waals surface area (Å²) in [4.78, 5) is 12.1. The second-order valence-electron chi connectivity index (χ2n) is 6.60. The van der Waals surface area contributed by atoms with Crippen molar-refractivity contribution in [2.24, 2.45) is 0 Å². The molecule has 5 heteroatoms. The van der Waals surface area contributed by atoms with Crippen LogP contribution in [0, 0.1) is 13.8 Å². The number of carbonyl (C=O) groups is 1. The zero-order chi connectivity index (χ0) is 20.7. The molecule has 0 aliphatic heterocycles. The van der Waals surface area contributed by atoms with E-state index >= 15 is 0 Å². The first-order chi connectivity index (χ1) is 13.4. The number of carbonyl (C=O) groups excluding carboxylic acids is 1. The molecule has 0 fully saturated rings. The smallest absolute Gasteiger partial charge is 0.341 e. The molecule has 0 aliphatic carbocycles. The van der Waals surface area contributed by atoms with Gasteiger partial charge in [-0.3, -0.25) is 0 Å². The molecule has 28 heavy (non-hydrogen) atoms. The highest BCUT2D eigenvalue weighted by Crippen LogP contribution is 2.29. The Balaban J connectivity index is 2.30. The first kappa shape index (κ1) is 21.5. The highest BCUT2D eigenvalue weighted by atomic mass is 16.5. The van der Waals surface area contributed by atoms with E-state index in [1.54, 1.807) is 0 Å². The van der Waals surface area contributed by atoms with Gasteiger partial charge in [0, 0.05) is 0 Å². The van der Waals surface area contributed by atoms with E-state index in [-0.39, 0.29) is 6.61 Å². The zero-order valence-electron chi connectivity index (χ0n) is 17.1. The Morgan fingerprint density at radius 3 is 2.50 bits per heavy atom. The molecule has 0 aliphatic rings. The molecule has 0 spiro atoms. The minimum absolute atomic E-state index is 0.282. The van der Waals surface area contributed by atoms with Crippen molar-refractivity contribution in [2.75, 3.05) is 14.2 Å². The number of aliphatic hydroxyl groups excluding tert-OH is 1. The van der Waals surface area contributed by atoms with Crippen LogP contribution in [0.1, 0.15) is 47.3 Å². The van der Waals surface area contributed by atoms with Gasteiger partial charge in [-0.05, 0) is 60.2 Å². The highest BCUT2D eigenvalue weighted by molar-refractivity contribution is 6.16. The van der Waals surface area contributed by atoms with E-state index in [0.29, 0.717) is 17.6 Å². The average molecular weight is 384 g/mol. The summed E-state index contributed by atoms with van der Waals surface area (Å²) in [5, 5.41) is 10.2. The van der Waals surface area contributed by atoms with Crippen molar-refractivity contribution in [3.05, 3.63) is 70.5 Å². The maximum absolute atomic E-state index is 12.1. The molecule has 2 aromatic rings. The zero-order valence-corrected chi connectivity index (χ0v) is 17.1. The lowest BCUT2D eigenvalue weighted by atomic mass is 9.98. The van der Waals surface area contributed by atoms with Gasteiger partial charge in [0.25, 0.3) is 0 Å². The maximum atomic E-state index is 12.1. The van der Waals surface area contributed by atoms with E-state index in [4.69, 9.17) is 14.2 Å². The van der Waals surface area contributed by atoms with Gasteiger partial charge < -0.3 is 19.3 Å². The molecule has 5 nitrogen and oxygen atoms in total. The molecule has 0 radical (unpaired) electrons. The summed E-state index contributed by atoms with van der Waals surface area (Å²) in [6.07, 6.45) is 1.56. The Hall–Kier alpha value is -2.79. The Labute approximate surface area is 166 Å². The molecule has 0 saturated carbocycles. The van der Waals surface area contributed by atoms with Crippen molar-refractivity contribution in [1.82, 2.24) is 0 Å². The SMILES string of the molecule is CCC(O)c1cc(C)c(OCc2ccccc2/C(=C\OC)C(=O)OC)cc1C. The van der Waals surface area contributed by atoms with E-state index in [2.05, 4.69) is 0 Å². The Kier molecular flexibility index (Phi) is 7.64. The third kappa shape index (κ3) is 4.93. The molecule has 0 aromatic heterocycles. The number of aliphatic hydroxyl groups is 1. The van der Waals surface area contributed by atoms with Crippen LogP contribution in [0.2, 0.25) is 0 Å². The van der Waals surface area contributed by atoms with Gasteiger partial charge in [-0.1, -0.05) is 31.2 Å². The fraction of sp³-hybridized carbons (Fsp3) is 0.348. The van der Waals surface area contributed by atoms with E-state index < -0.39 is 12.1 Å². The molecule has 1 atom stereocenters. The Morgan fingerprint density at radius 1 is 1.14 bits per heavy atom. The molecular weight excluding hydrogens is 356 g/mol. The van der Waals surface area contributed by atoms with Crippen molar-refractivity contribution in [3.63, 3.8) is 0 Å². The normalized spacial score (nSPS) is 12.4. The molecule has 0 bridgehead atoms. The van der Waals surface area contributed by atoms with Crippen molar-refractivity contribution in [2.45, 2.75) is 39.9 Å². The molecule has 2 aromatic carbocycles. The van der Waals surface area contributed by atoms with Crippen molar-refractivity contribution < 1.29 is 24.1 Å². The number of rotatable bonds is 8. The van der Waals surface area contributed by atoms with Gasteiger partial charge in [0.15, 0.2) is 0 Å². The van der Waals surface area contributed by atoms with E-state index in [9.17, 15) is 9.90 Å². The van der Waals surface area contributed by atoms with Gasteiger partial charge in [0.05, 0.1) is 26.6 Å². The largest absolute Gasteiger partial charge is 0.503 e. The van der Waals surface area contributed by atoms with Gasteiger partial charge in [0.1, 0.15) is 17.9 Å². The monoisotopic (exact) mass is 384 g/mol. The van der Waals surface area contributed by atoms with Crippen LogP contribution >= 0.6 is 0 Å². The average Bonchev–Trinajstić information content (AvgIpc) is 2.71. The number of benzene rings is 2. The number of esters is 1. The fourth-order valence-electron chi connectivity index (χ4n) is 3.06. The molecular formula is C23H28O5. The van der Waals surface area contributed by atoms with Crippen molar-refractivity contribution in [1.29, 1.82) is 0 Å². The van der Waals surface area contributed by atoms with Crippen LogP contribution in [0.5, 0.6) is 5.75 Å². The first-order valence-electron chi connectivity index (χ1n) is 9.24. The molecule has 1 unspecified atom stereocenters. The van der Waals surface area contributed by atoms with Crippen molar-refractivity contribution in [3.8, 4) is 5.75 Å². The van der Waals surface area contributed by atoms with E-state index in [1.165, 1.54) is 20.5 Å². The van der Waals surface area contributed by atoms with Gasteiger partial charge in [-0.2, -0.15) is 0 Å². The van der Waals surface area contributed by atoms with Crippen LogP contribution in [-0.2, 0) is 20.9 Å². The van der Waals surface area contributed by atoms with Crippen LogP contribution in [0.3, 0.4) is 0 Å². The highest BCUT2D eigenvalue weighted by Gasteiger charge is 2.17. The van der Waals surface area contributed by atoms with Crippen LogP contribution in [0.15, 0.2) is 42.7 Å². The second-order valence-corrected chi connectivity index (χ2v) is 6.60. The standard InChI is InChI=1S/C23H28O5/c1-6-21(24)19-11-16(3)22(12-15(19)2)28-13-17-9-7-8-10-18(17)20(14-26-4)23(25)27-5/h7-12,14,21,24H,6,13H2,1-5H3/b20-14+. The molecule has 2 rings (SSSR count). The minimum Gasteiger partial charge on any atom is -0.503 e. The van der Waals surface area contributed by atoms with Gasteiger partial charge in [-0.15, -0.1) is 0 Å². The van der Waals surface area contributed by atoms with Crippen LogP contribution < -0.4 is 4.74 Å². The summed E-state index contributed by atoms with van der Waals surface area (Å²) in [5.74, 6) is 0.272. The number of aryl methyl sites for hydroxylation is 2. The van der Waals surface area contributed by atoms with E-state index in [0.717, 1.165) is 28.0 Å². The molecule has 0 amide bonds. The molecule has 0 saturated heterocycles. The summed E-state index contributed by atoms with van der Waals surface area (Å²) in [6.45, 7) is 6.15. The topological polar surface area (TPSA) is 65.0 Å². The number of ether oxygens (including phenoxy) is 3. The second kappa shape index (κ2) is 9.95. The van der Waals surface area contributed by atoms with Crippen LogP contribution in [0.25, 0.3) is 5.57 Å². The lowest BCUT2D eigenvalue weighted by Gasteiger charge is -2.17. The predicted octanol–water partition coefficient (Wildman–Crippen LogP) is 4.49. The molecule has 150 valence electrons. The quantitative estimate of drug-likeness (QED) is 0.413. The summed E-state index contributed by atoms with van der Waals surface area (Å²) < 4.78 is 16.0. The van der Waals surface area contributed by atoms with Gasteiger partial charge in [0.2, 0.25) is 0 Å². The summed E-state index contributed by atoms with van der Waals surface area (Å²) in [6, 6.07) is 11.4. The van der Waals surface area contributed by atoms with Gasteiger partial charge in [-0.25, -0.2) is 4.79 Å². The molecule has 1 N–H and O–H groups in total. The lowest BCUT2D eigenvalue weighted by molar-refractivity contribution is -0.133. The third-order valence-corrected chi connectivity index (χ3v) is 4.64. The summed E-state index contributed by atoms with van der Waals surface area (Å²) >= 11 is 0. The Morgan fingerprint density at radius 2 is 1.86 bits per heavy atom. The lowest BCUT2D eigenvalue weighted by Crippen LogP contribution is -2.09. The third-order valence-electron chi connectivity index (χ3n) is 4.64. The fourth-order valence-corrected chi connectivity index (χ4v) is 3.06. The summed E-state index contributed by atoms with van der Waals surface area (Å²) in [7, 11) is 2.82. The number of hydrogen-bond acceptors (Lipinski definition) is 5. The van der Waals surface area contributed by atoms with Gasteiger partial charge >= 0.3 is 5.97 Å².